The fraction of sp³-hybridized carbons (Fsp3) is 0.364. The van der Waals surface area contributed by atoms with Crippen LogP contribution in [0.4, 0.5) is 0 Å². The van der Waals surface area contributed by atoms with Crippen molar-refractivity contribution in [1.29, 1.82) is 0 Å². The molecule has 0 saturated carbocycles. The predicted octanol–water partition coefficient (Wildman–Crippen LogP) is 1.64. The number of rotatable bonds is 4. The molecule has 1 heterocycles. The highest BCUT2D eigenvalue weighted by atomic mass is 35.5. The van der Waals surface area contributed by atoms with E-state index in [9.17, 15) is 9.59 Å². The van der Waals surface area contributed by atoms with Gasteiger partial charge < -0.3 is 10.6 Å². The van der Waals surface area contributed by atoms with Gasteiger partial charge in [0.15, 0.2) is 0 Å². The van der Waals surface area contributed by atoms with Crippen LogP contribution in [0.5, 0.6) is 0 Å². The van der Waals surface area contributed by atoms with Gasteiger partial charge in [-0.25, -0.2) is 4.98 Å². The van der Waals surface area contributed by atoms with Gasteiger partial charge in [-0.2, -0.15) is 0 Å². The van der Waals surface area contributed by atoms with E-state index in [1.165, 1.54) is 12.3 Å². The molecule has 18 heavy (non-hydrogen) atoms. The second kappa shape index (κ2) is 6.56. The van der Waals surface area contributed by atoms with Crippen molar-refractivity contribution in [2.24, 2.45) is 0 Å². The number of hydrogen-bond acceptors (Lipinski definition) is 3. The number of nitrogens with zero attached hydrogens (tertiary/aromatic N) is 1. The van der Waals surface area contributed by atoms with Crippen LogP contribution in [0.25, 0.3) is 0 Å². The molecule has 0 radical (unpaired) electrons. The van der Waals surface area contributed by atoms with Gasteiger partial charge in [0.2, 0.25) is 5.91 Å². The molecule has 1 rings (SSSR count). The predicted molar refractivity (Wildman–Crippen MR) is 69.9 cm³/mol. The van der Waals surface area contributed by atoms with Gasteiger partial charge in [-0.1, -0.05) is 23.2 Å². The number of pyridine rings is 1. The van der Waals surface area contributed by atoms with Crippen LogP contribution in [0, 0.1) is 0 Å². The molecule has 2 amide bonds. The van der Waals surface area contributed by atoms with Gasteiger partial charge in [-0.05, 0) is 19.9 Å². The maximum Gasteiger partial charge on any atom is 0.253 e. The summed E-state index contributed by atoms with van der Waals surface area (Å²) >= 11 is 11.4. The summed E-state index contributed by atoms with van der Waals surface area (Å²) in [5.74, 6) is -0.682. The smallest absolute Gasteiger partial charge is 0.253 e. The van der Waals surface area contributed by atoms with Crippen LogP contribution < -0.4 is 10.6 Å². The molecule has 0 aliphatic heterocycles. The second-order valence-electron chi connectivity index (χ2n) is 3.59. The van der Waals surface area contributed by atoms with Crippen molar-refractivity contribution >= 4 is 35.0 Å². The first-order valence-electron chi connectivity index (χ1n) is 5.35. The molecule has 1 aromatic heterocycles. The molecule has 0 aromatic carbocycles. The van der Waals surface area contributed by atoms with Gasteiger partial charge in [0.1, 0.15) is 11.2 Å². The third-order valence-electron chi connectivity index (χ3n) is 2.15. The van der Waals surface area contributed by atoms with E-state index in [4.69, 9.17) is 23.2 Å². The average Bonchev–Trinajstić information content (AvgIpc) is 2.32. The summed E-state index contributed by atoms with van der Waals surface area (Å²) in [6.07, 6.45) is 1.30. The highest BCUT2D eigenvalue weighted by molar-refractivity contribution is 6.41. The van der Waals surface area contributed by atoms with Crippen molar-refractivity contribution in [3.8, 4) is 0 Å². The summed E-state index contributed by atoms with van der Waals surface area (Å²) < 4.78 is 0. The number of amides is 2. The fourth-order valence-corrected chi connectivity index (χ4v) is 1.49. The Morgan fingerprint density at radius 2 is 2.11 bits per heavy atom. The number of hydrogen-bond donors (Lipinski definition) is 2. The Kier molecular flexibility index (Phi) is 5.37. The first kappa shape index (κ1) is 14.7. The molecular weight excluding hydrogens is 277 g/mol. The van der Waals surface area contributed by atoms with Crippen molar-refractivity contribution < 1.29 is 9.59 Å². The summed E-state index contributed by atoms with van der Waals surface area (Å²) in [6.45, 7) is 3.90. The summed E-state index contributed by atoms with van der Waals surface area (Å²) in [5.41, 5.74) is 0.251. The Bertz CT molecular complexity index is 466. The van der Waals surface area contributed by atoms with Crippen LogP contribution in [-0.2, 0) is 4.79 Å². The van der Waals surface area contributed by atoms with E-state index >= 15 is 0 Å². The molecule has 0 fully saturated rings. The van der Waals surface area contributed by atoms with E-state index in [0.717, 1.165) is 0 Å². The third kappa shape index (κ3) is 3.85. The molecule has 0 aliphatic rings. The first-order valence-corrected chi connectivity index (χ1v) is 6.11. The molecule has 1 atom stereocenters. The SMILES string of the molecule is CCNC(=O)[C@@H](C)NC(=O)c1cnc(Cl)c(Cl)c1. The van der Waals surface area contributed by atoms with Crippen molar-refractivity contribution in [2.75, 3.05) is 6.54 Å². The minimum atomic E-state index is -0.632. The molecule has 1 aromatic rings. The number of halogens is 2. The Balaban J connectivity index is 2.70. The second-order valence-corrected chi connectivity index (χ2v) is 4.35. The van der Waals surface area contributed by atoms with Gasteiger partial charge in [0, 0.05) is 12.7 Å². The minimum Gasteiger partial charge on any atom is -0.355 e. The number of aromatic nitrogens is 1. The molecule has 5 nitrogen and oxygen atoms in total. The third-order valence-corrected chi connectivity index (χ3v) is 2.84. The fourth-order valence-electron chi connectivity index (χ4n) is 1.22. The van der Waals surface area contributed by atoms with Crippen molar-refractivity contribution in [3.63, 3.8) is 0 Å². The maximum absolute atomic E-state index is 11.8. The highest BCUT2D eigenvalue weighted by Gasteiger charge is 2.16. The van der Waals surface area contributed by atoms with E-state index in [0.29, 0.717) is 6.54 Å². The van der Waals surface area contributed by atoms with Crippen molar-refractivity contribution in [1.82, 2.24) is 15.6 Å². The molecule has 0 spiro atoms. The largest absolute Gasteiger partial charge is 0.355 e. The maximum atomic E-state index is 11.8. The van der Waals surface area contributed by atoms with Gasteiger partial charge >= 0.3 is 0 Å². The topological polar surface area (TPSA) is 71.1 Å². The van der Waals surface area contributed by atoms with Crippen LogP contribution >= 0.6 is 23.2 Å². The molecule has 7 heteroatoms. The highest BCUT2D eigenvalue weighted by Crippen LogP contribution is 2.19. The Labute approximate surface area is 115 Å². The number of likely N-dealkylation sites (N-methyl/N-ethyl adjacent to an activating group) is 1. The molecule has 2 N–H and O–H groups in total. The Hall–Kier alpha value is -1.33. The van der Waals surface area contributed by atoms with Crippen molar-refractivity contribution in [3.05, 3.63) is 28.0 Å². The van der Waals surface area contributed by atoms with E-state index in [2.05, 4.69) is 15.6 Å². The lowest BCUT2D eigenvalue weighted by Crippen LogP contribution is -2.44. The van der Waals surface area contributed by atoms with Crippen molar-refractivity contribution in [2.45, 2.75) is 19.9 Å². The monoisotopic (exact) mass is 289 g/mol. The van der Waals surface area contributed by atoms with Crippen LogP contribution in [-0.4, -0.2) is 29.4 Å². The molecule has 0 unspecified atom stereocenters. The molecule has 0 saturated heterocycles. The number of carbonyl (C=O) groups excluding carboxylic acids is 2. The van der Waals surface area contributed by atoms with E-state index in [1.54, 1.807) is 13.8 Å². The van der Waals surface area contributed by atoms with Gasteiger partial charge in [0.25, 0.3) is 5.91 Å². The Morgan fingerprint density at radius 1 is 1.44 bits per heavy atom. The lowest BCUT2D eigenvalue weighted by atomic mass is 10.2. The zero-order chi connectivity index (χ0) is 13.7. The minimum absolute atomic E-state index is 0.130. The standard InChI is InChI=1S/C11H13Cl2N3O2/c1-3-14-10(17)6(2)16-11(18)7-4-8(12)9(13)15-5-7/h4-6H,3H2,1-2H3,(H,14,17)(H,16,18)/t6-/m1/s1. The zero-order valence-electron chi connectivity index (χ0n) is 9.96. The Morgan fingerprint density at radius 3 is 2.67 bits per heavy atom. The summed E-state index contributed by atoms with van der Waals surface area (Å²) in [7, 11) is 0. The summed E-state index contributed by atoms with van der Waals surface area (Å²) in [6, 6.07) is 0.767. The first-order chi connectivity index (χ1) is 8.45. The summed E-state index contributed by atoms with van der Waals surface area (Å²) in [5, 5.41) is 5.46. The van der Waals surface area contributed by atoms with Gasteiger partial charge in [0.05, 0.1) is 10.6 Å². The quantitative estimate of drug-likeness (QED) is 0.828. The zero-order valence-corrected chi connectivity index (χ0v) is 11.5. The van der Waals surface area contributed by atoms with Crippen LogP contribution in [0.2, 0.25) is 10.2 Å². The van der Waals surface area contributed by atoms with E-state index in [-0.39, 0.29) is 21.6 Å². The summed E-state index contributed by atoms with van der Waals surface area (Å²) in [4.78, 5) is 27.0. The van der Waals surface area contributed by atoms with Gasteiger partial charge in [-0.15, -0.1) is 0 Å². The molecule has 98 valence electrons. The molecule has 0 bridgehead atoms. The lowest BCUT2D eigenvalue weighted by Gasteiger charge is -2.13. The van der Waals surface area contributed by atoms with E-state index in [1.807, 2.05) is 0 Å². The molecular formula is C11H13Cl2N3O2. The lowest BCUT2D eigenvalue weighted by molar-refractivity contribution is -0.122. The molecule has 0 aliphatic carbocycles. The number of carbonyl (C=O) groups is 2. The number of nitrogens with one attached hydrogen (secondary N) is 2. The normalized spacial score (nSPS) is 11.8. The van der Waals surface area contributed by atoms with E-state index < -0.39 is 11.9 Å². The van der Waals surface area contributed by atoms with Crippen LogP contribution in [0.3, 0.4) is 0 Å². The average molecular weight is 290 g/mol. The van der Waals surface area contributed by atoms with Crippen LogP contribution in [0.1, 0.15) is 24.2 Å². The van der Waals surface area contributed by atoms with Crippen LogP contribution in [0.15, 0.2) is 12.3 Å². The van der Waals surface area contributed by atoms with Gasteiger partial charge in [-0.3, -0.25) is 9.59 Å².